The number of hydrogen-bond donors (Lipinski definition) is 0. The first-order valence-electron chi connectivity index (χ1n) is 8.74. The molecule has 1 aliphatic rings. The normalized spacial score (nSPS) is 21.5. The van der Waals surface area contributed by atoms with Gasteiger partial charge in [-0.3, -0.25) is 4.79 Å². The van der Waals surface area contributed by atoms with Crippen molar-refractivity contribution in [1.82, 2.24) is 4.98 Å². The van der Waals surface area contributed by atoms with Gasteiger partial charge in [0, 0.05) is 13.0 Å². The van der Waals surface area contributed by atoms with Gasteiger partial charge in [-0.05, 0) is 43.7 Å². The van der Waals surface area contributed by atoms with Gasteiger partial charge in [-0.25, -0.2) is 4.98 Å². The summed E-state index contributed by atoms with van der Waals surface area (Å²) in [6.07, 6.45) is 8.09. The van der Waals surface area contributed by atoms with Gasteiger partial charge in [0.25, 0.3) is 0 Å². The number of nitrogens with zero attached hydrogens (tertiary/aromatic N) is 1. The Kier molecular flexibility index (Phi) is 4.99. The van der Waals surface area contributed by atoms with Gasteiger partial charge >= 0.3 is 5.97 Å². The van der Waals surface area contributed by atoms with Crippen LogP contribution in [0.4, 0.5) is 0 Å². The van der Waals surface area contributed by atoms with Crippen LogP contribution in [0, 0.1) is 18.8 Å². The van der Waals surface area contributed by atoms with Crippen LogP contribution in [0.15, 0.2) is 22.6 Å². The predicted molar refractivity (Wildman–Crippen MR) is 89.4 cm³/mol. The van der Waals surface area contributed by atoms with Gasteiger partial charge < -0.3 is 9.15 Å². The number of rotatable bonds is 5. The highest BCUT2D eigenvalue weighted by atomic mass is 16.5. The molecule has 0 radical (unpaired) electrons. The Hall–Kier alpha value is -1.84. The highest BCUT2D eigenvalue weighted by Crippen LogP contribution is 2.33. The molecule has 1 fully saturated rings. The fourth-order valence-electron chi connectivity index (χ4n) is 3.47. The fraction of sp³-hybridized carbons (Fsp3) is 0.579. The molecular weight excluding hydrogens is 290 g/mol. The van der Waals surface area contributed by atoms with E-state index in [4.69, 9.17) is 9.15 Å². The van der Waals surface area contributed by atoms with E-state index in [1.807, 2.05) is 6.92 Å². The number of hydrogen-bond acceptors (Lipinski definition) is 4. The van der Waals surface area contributed by atoms with Crippen molar-refractivity contribution in [3.8, 4) is 5.75 Å². The first-order valence-corrected chi connectivity index (χ1v) is 8.74. The molecule has 4 heteroatoms. The molecule has 2 aromatic rings. The third-order valence-electron chi connectivity index (χ3n) is 4.83. The number of esters is 1. The zero-order chi connectivity index (χ0) is 16.2. The van der Waals surface area contributed by atoms with Crippen LogP contribution in [-0.4, -0.2) is 11.0 Å². The van der Waals surface area contributed by atoms with Gasteiger partial charge in [-0.1, -0.05) is 26.2 Å². The first-order chi connectivity index (χ1) is 11.2. The molecule has 0 bridgehead atoms. The highest BCUT2D eigenvalue weighted by Gasteiger charge is 2.27. The molecular formula is C19H25NO3. The quantitative estimate of drug-likeness (QED) is 0.573. The molecule has 1 aromatic carbocycles. The lowest BCUT2D eigenvalue weighted by atomic mass is 9.80. The van der Waals surface area contributed by atoms with Crippen molar-refractivity contribution in [3.63, 3.8) is 0 Å². The smallest absolute Gasteiger partial charge is 0.314 e. The van der Waals surface area contributed by atoms with E-state index in [0.29, 0.717) is 11.6 Å². The second-order valence-electron chi connectivity index (χ2n) is 6.64. The molecule has 4 nitrogen and oxygen atoms in total. The number of oxazole rings is 1. The average molecular weight is 315 g/mol. The zero-order valence-corrected chi connectivity index (χ0v) is 14.0. The molecule has 124 valence electrons. The lowest BCUT2D eigenvalue weighted by molar-refractivity contribution is -0.140. The topological polar surface area (TPSA) is 52.3 Å². The van der Waals surface area contributed by atoms with Gasteiger partial charge in [0.15, 0.2) is 11.5 Å². The Balaban J connectivity index is 1.56. The van der Waals surface area contributed by atoms with Crippen LogP contribution in [-0.2, 0) is 4.79 Å². The van der Waals surface area contributed by atoms with Gasteiger partial charge in [0.1, 0.15) is 11.3 Å². The summed E-state index contributed by atoms with van der Waals surface area (Å²) in [7, 11) is 0. The third-order valence-corrected chi connectivity index (χ3v) is 4.83. The molecule has 0 spiro atoms. The number of benzene rings is 1. The monoisotopic (exact) mass is 315 g/mol. The van der Waals surface area contributed by atoms with Crippen molar-refractivity contribution in [2.75, 3.05) is 0 Å². The van der Waals surface area contributed by atoms with Gasteiger partial charge in [-0.15, -0.1) is 0 Å². The molecule has 0 N–H and O–H groups in total. The van der Waals surface area contributed by atoms with Gasteiger partial charge in [0.2, 0.25) is 0 Å². The molecule has 0 atom stereocenters. The highest BCUT2D eigenvalue weighted by molar-refractivity contribution is 5.78. The van der Waals surface area contributed by atoms with Crippen molar-refractivity contribution in [2.24, 2.45) is 11.8 Å². The van der Waals surface area contributed by atoms with Crippen LogP contribution in [0.3, 0.4) is 0 Å². The summed E-state index contributed by atoms with van der Waals surface area (Å²) in [5.41, 5.74) is 1.45. The summed E-state index contributed by atoms with van der Waals surface area (Å²) in [4.78, 5) is 16.6. The second kappa shape index (κ2) is 7.16. The number of aryl methyl sites for hydroxylation is 1. The molecule has 1 aromatic heterocycles. The van der Waals surface area contributed by atoms with E-state index >= 15 is 0 Å². The maximum atomic E-state index is 12.4. The maximum absolute atomic E-state index is 12.4. The Morgan fingerprint density at radius 1 is 1.30 bits per heavy atom. The Labute approximate surface area is 137 Å². The molecule has 0 unspecified atom stereocenters. The van der Waals surface area contributed by atoms with E-state index in [1.165, 1.54) is 19.3 Å². The van der Waals surface area contributed by atoms with E-state index in [1.54, 1.807) is 18.2 Å². The molecule has 3 rings (SSSR count). The minimum absolute atomic E-state index is 0.0441. The summed E-state index contributed by atoms with van der Waals surface area (Å²) in [6.45, 7) is 4.04. The van der Waals surface area contributed by atoms with Crippen molar-refractivity contribution in [1.29, 1.82) is 0 Å². The van der Waals surface area contributed by atoms with E-state index in [2.05, 4.69) is 11.9 Å². The second-order valence-corrected chi connectivity index (χ2v) is 6.64. The van der Waals surface area contributed by atoms with Gasteiger partial charge in [-0.2, -0.15) is 0 Å². The van der Waals surface area contributed by atoms with Crippen LogP contribution in [0.5, 0.6) is 5.75 Å². The van der Waals surface area contributed by atoms with Crippen molar-refractivity contribution in [3.05, 3.63) is 24.1 Å². The molecule has 1 saturated carbocycles. The molecule has 0 amide bonds. The van der Waals surface area contributed by atoms with Crippen molar-refractivity contribution >= 4 is 17.1 Å². The molecule has 1 heterocycles. The first kappa shape index (κ1) is 16.0. The number of unbranched alkanes of at least 4 members (excludes halogenated alkanes) is 1. The Morgan fingerprint density at radius 3 is 2.83 bits per heavy atom. The number of carbonyl (C=O) groups excluding carboxylic acids is 1. The SMILES string of the molecule is CCCCC1CCC(C(=O)Oc2ccc3oc(C)nc3c2)CC1. The summed E-state index contributed by atoms with van der Waals surface area (Å²) in [5.74, 6) is 1.92. The van der Waals surface area contributed by atoms with Crippen LogP contribution in [0.25, 0.3) is 11.1 Å². The minimum Gasteiger partial charge on any atom is -0.441 e. The molecule has 23 heavy (non-hydrogen) atoms. The Morgan fingerprint density at radius 2 is 2.09 bits per heavy atom. The summed E-state index contributed by atoms with van der Waals surface area (Å²) >= 11 is 0. The van der Waals surface area contributed by atoms with E-state index in [0.717, 1.165) is 42.7 Å². The van der Waals surface area contributed by atoms with E-state index in [-0.39, 0.29) is 11.9 Å². The largest absolute Gasteiger partial charge is 0.441 e. The van der Waals surface area contributed by atoms with E-state index in [9.17, 15) is 4.79 Å². The number of aromatic nitrogens is 1. The predicted octanol–water partition coefficient (Wildman–Crippen LogP) is 5.04. The van der Waals surface area contributed by atoms with Crippen molar-refractivity contribution < 1.29 is 13.9 Å². The number of ether oxygens (including phenoxy) is 1. The number of carbonyl (C=O) groups is 1. The van der Waals surface area contributed by atoms with Crippen LogP contribution in [0.1, 0.15) is 57.8 Å². The Bertz CT molecular complexity index is 668. The van der Waals surface area contributed by atoms with Crippen LogP contribution >= 0.6 is 0 Å². The number of fused-ring (bicyclic) bond motifs is 1. The van der Waals surface area contributed by atoms with Crippen LogP contribution < -0.4 is 4.74 Å². The third kappa shape index (κ3) is 3.92. The maximum Gasteiger partial charge on any atom is 0.314 e. The molecule has 0 aliphatic heterocycles. The molecule has 0 saturated heterocycles. The zero-order valence-electron chi connectivity index (χ0n) is 14.0. The lowest BCUT2D eigenvalue weighted by Crippen LogP contribution is -2.25. The summed E-state index contributed by atoms with van der Waals surface area (Å²) < 4.78 is 11.0. The van der Waals surface area contributed by atoms with Crippen LogP contribution in [0.2, 0.25) is 0 Å². The fourth-order valence-corrected chi connectivity index (χ4v) is 3.47. The van der Waals surface area contributed by atoms with Crippen molar-refractivity contribution in [2.45, 2.75) is 58.8 Å². The average Bonchev–Trinajstić information content (AvgIpc) is 2.92. The van der Waals surface area contributed by atoms with Gasteiger partial charge in [0.05, 0.1) is 5.92 Å². The lowest BCUT2D eigenvalue weighted by Gasteiger charge is -2.27. The molecule has 1 aliphatic carbocycles. The summed E-state index contributed by atoms with van der Waals surface area (Å²) in [6, 6.07) is 5.36. The summed E-state index contributed by atoms with van der Waals surface area (Å²) in [5, 5.41) is 0. The van der Waals surface area contributed by atoms with E-state index < -0.39 is 0 Å². The standard InChI is InChI=1S/C19H25NO3/c1-3-4-5-14-6-8-15(9-7-14)19(21)23-16-10-11-18-17(12-16)20-13(2)22-18/h10-12,14-15H,3-9H2,1-2H3. The minimum atomic E-state index is -0.0986.